The quantitative estimate of drug-likeness (QED) is 0.340. The van der Waals surface area contributed by atoms with Crippen LogP contribution in [0.5, 0.6) is 0 Å². The average molecular weight is 319 g/mol. The number of allylic oxidation sites excluding steroid dienone is 2. The average Bonchev–Trinajstić information content (AvgIpc) is 2.60. The van der Waals surface area contributed by atoms with Crippen LogP contribution in [0.2, 0.25) is 0 Å². The zero-order chi connectivity index (χ0) is 16.3. The third-order valence-corrected chi connectivity index (χ3v) is 6.10. The summed E-state index contributed by atoms with van der Waals surface area (Å²) in [7, 11) is 0. The molecule has 0 aromatic rings. The summed E-state index contributed by atoms with van der Waals surface area (Å²) < 4.78 is 5.96. The molecule has 2 aliphatic carbocycles. The normalized spacial score (nSPS) is 32.2. The van der Waals surface area contributed by atoms with E-state index in [1.807, 2.05) is 6.08 Å². The molecule has 0 aromatic heterocycles. The lowest BCUT2D eigenvalue weighted by molar-refractivity contribution is 0.00916. The molecular formula is C22H38O. The highest BCUT2D eigenvalue weighted by Crippen LogP contribution is 2.41. The summed E-state index contributed by atoms with van der Waals surface area (Å²) in [6.45, 7) is 6.86. The van der Waals surface area contributed by atoms with Crippen molar-refractivity contribution < 1.29 is 4.74 Å². The van der Waals surface area contributed by atoms with Gasteiger partial charge in [0.15, 0.2) is 0 Å². The van der Waals surface area contributed by atoms with Crippen molar-refractivity contribution in [3.63, 3.8) is 0 Å². The highest BCUT2D eigenvalue weighted by molar-refractivity contribution is 4.85. The van der Waals surface area contributed by atoms with E-state index in [0.29, 0.717) is 6.10 Å². The molecule has 0 heterocycles. The number of ether oxygens (including phenoxy) is 1. The van der Waals surface area contributed by atoms with Crippen molar-refractivity contribution in [1.82, 2.24) is 0 Å². The van der Waals surface area contributed by atoms with Crippen LogP contribution in [0.4, 0.5) is 0 Å². The monoisotopic (exact) mass is 318 g/mol. The van der Waals surface area contributed by atoms with Crippen LogP contribution in [0.1, 0.15) is 84.0 Å². The second kappa shape index (κ2) is 11.1. The van der Waals surface area contributed by atoms with Gasteiger partial charge in [-0.25, -0.2) is 0 Å². The standard InChI is InChI=1S/C22H38O/c1-3-5-7-8-9-19-10-12-20(13-11-19)21-14-16-22(17-15-21)23-18-6-4-2/h4-5,7,19-22H,2-3,6,8-18H2,1H3/b7-5+/t19-,20-,21-,22-. The zero-order valence-corrected chi connectivity index (χ0v) is 15.3. The van der Waals surface area contributed by atoms with Gasteiger partial charge in [0, 0.05) is 0 Å². The Bertz CT molecular complexity index is 330. The molecule has 0 saturated heterocycles. The lowest BCUT2D eigenvalue weighted by Crippen LogP contribution is -2.28. The molecule has 1 nitrogen and oxygen atoms in total. The first-order valence-electron chi connectivity index (χ1n) is 10.2. The van der Waals surface area contributed by atoms with Crippen molar-refractivity contribution in [1.29, 1.82) is 0 Å². The number of rotatable bonds is 9. The van der Waals surface area contributed by atoms with Crippen molar-refractivity contribution in [2.24, 2.45) is 17.8 Å². The predicted molar refractivity (Wildman–Crippen MR) is 101 cm³/mol. The Morgan fingerprint density at radius 1 is 0.870 bits per heavy atom. The molecule has 2 saturated carbocycles. The molecule has 2 fully saturated rings. The fourth-order valence-corrected chi connectivity index (χ4v) is 4.61. The lowest BCUT2D eigenvalue weighted by Gasteiger charge is -2.37. The summed E-state index contributed by atoms with van der Waals surface area (Å²) >= 11 is 0. The Balaban J connectivity index is 1.59. The van der Waals surface area contributed by atoms with E-state index in [4.69, 9.17) is 4.74 Å². The van der Waals surface area contributed by atoms with Gasteiger partial charge in [-0.3, -0.25) is 0 Å². The molecule has 0 amide bonds. The lowest BCUT2D eigenvalue weighted by atomic mass is 9.70. The van der Waals surface area contributed by atoms with Crippen LogP contribution in [-0.2, 0) is 4.74 Å². The topological polar surface area (TPSA) is 9.23 Å². The van der Waals surface area contributed by atoms with E-state index in [0.717, 1.165) is 30.8 Å². The maximum absolute atomic E-state index is 5.96. The third kappa shape index (κ3) is 6.83. The van der Waals surface area contributed by atoms with Gasteiger partial charge in [0.05, 0.1) is 12.7 Å². The van der Waals surface area contributed by atoms with Gasteiger partial charge in [-0.05, 0) is 82.0 Å². The van der Waals surface area contributed by atoms with Crippen molar-refractivity contribution in [2.75, 3.05) is 6.61 Å². The summed E-state index contributed by atoms with van der Waals surface area (Å²) in [4.78, 5) is 0. The van der Waals surface area contributed by atoms with Crippen LogP contribution < -0.4 is 0 Å². The fraction of sp³-hybridized carbons (Fsp3) is 0.818. The van der Waals surface area contributed by atoms with E-state index in [9.17, 15) is 0 Å². The maximum atomic E-state index is 5.96. The van der Waals surface area contributed by atoms with Gasteiger partial charge in [0.1, 0.15) is 0 Å². The minimum absolute atomic E-state index is 0.535. The highest BCUT2D eigenvalue weighted by Gasteiger charge is 2.30. The first-order valence-corrected chi connectivity index (χ1v) is 10.2. The molecule has 0 aliphatic heterocycles. The SMILES string of the molecule is C=CCCO[C@H]1CC[C@H]([C@H]2CC[C@H](CC/C=C/CC)CC2)CC1. The molecule has 2 aliphatic rings. The predicted octanol–water partition coefficient (Wildman–Crippen LogP) is 6.69. The molecule has 0 unspecified atom stereocenters. The number of hydrogen-bond donors (Lipinski definition) is 0. The Morgan fingerprint density at radius 2 is 1.52 bits per heavy atom. The van der Waals surface area contributed by atoms with E-state index in [1.165, 1.54) is 70.6 Å². The molecule has 0 bridgehead atoms. The Hall–Kier alpha value is -0.560. The van der Waals surface area contributed by atoms with Gasteiger partial charge in [-0.1, -0.05) is 38.0 Å². The van der Waals surface area contributed by atoms with Crippen molar-refractivity contribution in [3.8, 4) is 0 Å². The summed E-state index contributed by atoms with van der Waals surface area (Å²) in [5.41, 5.74) is 0. The highest BCUT2D eigenvalue weighted by atomic mass is 16.5. The summed E-state index contributed by atoms with van der Waals surface area (Å²) in [5.74, 6) is 3.02. The molecule has 1 heteroatoms. The summed E-state index contributed by atoms with van der Waals surface area (Å²) in [6, 6.07) is 0. The Labute approximate surface area is 144 Å². The molecule has 0 radical (unpaired) electrons. The van der Waals surface area contributed by atoms with Gasteiger partial charge >= 0.3 is 0 Å². The van der Waals surface area contributed by atoms with Crippen molar-refractivity contribution in [3.05, 3.63) is 24.8 Å². The van der Waals surface area contributed by atoms with E-state index >= 15 is 0 Å². The van der Waals surface area contributed by atoms with Crippen LogP contribution in [0.3, 0.4) is 0 Å². The summed E-state index contributed by atoms with van der Waals surface area (Å²) in [6.07, 6.45) is 23.5. The fourth-order valence-electron chi connectivity index (χ4n) is 4.61. The van der Waals surface area contributed by atoms with Crippen LogP contribution in [-0.4, -0.2) is 12.7 Å². The van der Waals surface area contributed by atoms with Gasteiger partial charge in [0.25, 0.3) is 0 Å². The number of hydrogen-bond acceptors (Lipinski definition) is 1. The maximum Gasteiger partial charge on any atom is 0.0575 e. The summed E-state index contributed by atoms with van der Waals surface area (Å²) in [5, 5.41) is 0. The van der Waals surface area contributed by atoms with E-state index in [-0.39, 0.29) is 0 Å². The Kier molecular flexibility index (Phi) is 9.04. The molecular weight excluding hydrogens is 280 g/mol. The van der Waals surface area contributed by atoms with Crippen molar-refractivity contribution >= 4 is 0 Å². The second-order valence-corrected chi connectivity index (χ2v) is 7.72. The molecule has 0 aromatic carbocycles. The Morgan fingerprint density at radius 3 is 2.13 bits per heavy atom. The van der Waals surface area contributed by atoms with Crippen LogP contribution in [0.15, 0.2) is 24.8 Å². The van der Waals surface area contributed by atoms with Gasteiger partial charge in [-0.15, -0.1) is 6.58 Å². The molecule has 0 spiro atoms. The van der Waals surface area contributed by atoms with Gasteiger partial charge < -0.3 is 4.74 Å². The van der Waals surface area contributed by atoms with E-state index < -0.39 is 0 Å². The molecule has 132 valence electrons. The van der Waals surface area contributed by atoms with Crippen LogP contribution in [0.25, 0.3) is 0 Å². The smallest absolute Gasteiger partial charge is 0.0575 e. The first-order chi connectivity index (χ1) is 11.3. The van der Waals surface area contributed by atoms with E-state index in [2.05, 4.69) is 25.7 Å². The zero-order valence-electron chi connectivity index (χ0n) is 15.3. The molecule has 2 rings (SSSR count). The van der Waals surface area contributed by atoms with Crippen LogP contribution >= 0.6 is 0 Å². The first kappa shape index (κ1) is 18.8. The molecule has 0 N–H and O–H groups in total. The minimum Gasteiger partial charge on any atom is -0.378 e. The largest absolute Gasteiger partial charge is 0.378 e. The van der Waals surface area contributed by atoms with Gasteiger partial charge in [-0.2, -0.15) is 0 Å². The second-order valence-electron chi connectivity index (χ2n) is 7.72. The van der Waals surface area contributed by atoms with Crippen molar-refractivity contribution in [2.45, 2.75) is 90.1 Å². The molecule has 0 atom stereocenters. The van der Waals surface area contributed by atoms with E-state index in [1.54, 1.807) is 0 Å². The molecule has 23 heavy (non-hydrogen) atoms. The third-order valence-electron chi connectivity index (χ3n) is 6.10. The van der Waals surface area contributed by atoms with Crippen LogP contribution in [0, 0.1) is 17.8 Å². The van der Waals surface area contributed by atoms with Gasteiger partial charge in [0.2, 0.25) is 0 Å². The minimum atomic E-state index is 0.535.